The summed E-state index contributed by atoms with van der Waals surface area (Å²) in [5.41, 5.74) is 1.92. The van der Waals surface area contributed by atoms with Crippen LogP contribution in [0.3, 0.4) is 0 Å². The van der Waals surface area contributed by atoms with E-state index in [1.54, 1.807) is 23.1 Å². The largest absolute Gasteiger partial charge is 0.454 e. The Hall–Kier alpha value is -4.01. The highest BCUT2D eigenvalue weighted by Gasteiger charge is 2.35. The second-order valence-electron chi connectivity index (χ2n) is 8.69. The molecular weight excluding hydrogens is 448 g/mol. The second-order valence-corrected chi connectivity index (χ2v) is 8.69. The lowest BCUT2D eigenvalue weighted by Crippen LogP contribution is -2.59. The fraction of sp³-hybridized carbons (Fsp3) is 0.346. The Balaban J connectivity index is 1.20. The number of anilines is 1. The number of hydrogen-bond donors (Lipinski definition) is 1. The lowest BCUT2D eigenvalue weighted by Gasteiger charge is -2.38. The van der Waals surface area contributed by atoms with Crippen LogP contribution in [0, 0.1) is 0 Å². The Morgan fingerprint density at radius 1 is 0.971 bits per heavy atom. The molecule has 182 valence electrons. The first kappa shape index (κ1) is 22.8. The van der Waals surface area contributed by atoms with Crippen LogP contribution in [-0.4, -0.2) is 79.6 Å². The average Bonchev–Trinajstić information content (AvgIpc) is 3.37. The molecule has 0 aliphatic carbocycles. The molecule has 2 aromatic carbocycles. The highest BCUT2D eigenvalue weighted by atomic mass is 16.7. The zero-order chi connectivity index (χ0) is 24.2. The van der Waals surface area contributed by atoms with E-state index in [4.69, 9.17) is 9.47 Å². The molecule has 1 unspecified atom stereocenters. The van der Waals surface area contributed by atoms with Gasteiger partial charge in [0.15, 0.2) is 11.5 Å². The summed E-state index contributed by atoms with van der Waals surface area (Å²) in [4.78, 5) is 44.2. The summed E-state index contributed by atoms with van der Waals surface area (Å²) >= 11 is 0. The summed E-state index contributed by atoms with van der Waals surface area (Å²) in [5.74, 6) is 0.594. The number of amides is 3. The quantitative estimate of drug-likeness (QED) is 0.658. The van der Waals surface area contributed by atoms with Crippen molar-refractivity contribution < 1.29 is 23.9 Å². The normalized spacial score (nSPS) is 19.7. The minimum absolute atomic E-state index is 0.0270. The number of hydrogen-bond acceptors (Lipinski definition) is 6. The number of ether oxygens (including phenoxy) is 2. The molecule has 2 saturated heterocycles. The minimum atomic E-state index is -0.822. The molecule has 1 N–H and O–H groups in total. The molecule has 9 nitrogen and oxygen atoms in total. The van der Waals surface area contributed by atoms with Crippen molar-refractivity contribution in [2.45, 2.75) is 12.5 Å². The van der Waals surface area contributed by atoms with E-state index < -0.39 is 6.04 Å². The van der Waals surface area contributed by atoms with Crippen LogP contribution in [0.5, 0.6) is 11.5 Å². The molecule has 5 rings (SSSR count). The van der Waals surface area contributed by atoms with Crippen LogP contribution in [0.2, 0.25) is 0 Å². The Labute approximate surface area is 203 Å². The van der Waals surface area contributed by atoms with Gasteiger partial charge in [-0.1, -0.05) is 24.3 Å². The lowest BCUT2D eigenvalue weighted by atomic mass is 10.1. The zero-order valence-electron chi connectivity index (χ0n) is 19.4. The number of nitrogens with one attached hydrogen (secondary N) is 1. The summed E-state index contributed by atoms with van der Waals surface area (Å²) in [6, 6.07) is 14.7. The first-order chi connectivity index (χ1) is 17.1. The van der Waals surface area contributed by atoms with Gasteiger partial charge >= 0.3 is 0 Å². The predicted octanol–water partition coefficient (Wildman–Crippen LogP) is 1.49. The van der Waals surface area contributed by atoms with Gasteiger partial charge in [0.05, 0.1) is 6.42 Å². The van der Waals surface area contributed by atoms with Gasteiger partial charge in [-0.15, -0.1) is 0 Å². The molecule has 2 aromatic rings. The van der Waals surface area contributed by atoms with Gasteiger partial charge in [-0.05, 0) is 35.9 Å². The van der Waals surface area contributed by atoms with E-state index in [2.05, 4.69) is 22.3 Å². The third-order valence-electron chi connectivity index (χ3n) is 6.55. The summed E-state index contributed by atoms with van der Waals surface area (Å²) in [6.07, 6.45) is 3.09. The summed E-state index contributed by atoms with van der Waals surface area (Å²) in [7, 11) is 0. The third kappa shape index (κ3) is 5.08. The van der Waals surface area contributed by atoms with Crippen molar-refractivity contribution in [3.05, 3.63) is 60.2 Å². The second kappa shape index (κ2) is 10.1. The average molecular weight is 477 g/mol. The Morgan fingerprint density at radius 2 is 1.74 bits per heavy atom. The number of carbonyl (C=O) groups excluding carboxylic acids is 3. The number of carbonyl (C=O) groups is 3. The van der Waals surface area contributed by atoms with Crippen LogP contribution in [0.25, 0.3) is 6.08 Å². The standard InChI is InChI=1S/C26H28N4O5/c31-24(9-7-19-6-8-22-23(16-19)35-18-34-22)30-11-10-27-26(33)21(30)17-25(32)29-14-12-28(13-15-29)20-4-2-1-3-5-20/h1-9,16,21H,10-15,17-18H2,(H,27,33)/b9-7+. The molecule has 0 aromatic heterocycles. The van der Waals surface area contributed by atoms with Crippen LogP contribution in [0.4, 0.5) is 5.69 Å². The van der Waals surface area contributed by atoms with E-state index in [1.807, 2.05) is 24.3 Å². The SMILES string of the molecule is O=C1NCCN(C(=O)/C=C/c2ccc3c(c2)OCO3)C1CC(=O)N1CCN(c2ccccc2)CC1. The maximum atomic E-state index is 13.1. The van der Waals surface area contributed by atoms with Gasteiger partial charge in [-0.3, -0.25) is 14.4 Å². The van der Waals surface area contributed by atoms with Crippen molar-refractivity contribution in [3.63, 3.8) is 0 Å². The molecule has 0 spiro atoms. The van der Waals surface area contributed by atoms with Crippen LogP contribution >= 0.6 is 0 Å². The molecule has 0 radical (unpaired) electrons. The van der Waals surface area contributed by atoms with Crippen molar-refractivity contribution in [3.8, 4) is 11.5 Å². The van der Waals surface area contributed by atoms with E-state index in [-0.39, 0.29) is 30.9 Å². The highest BCUT2D eigenvalue weighted by molar-refractivity contribution is 5.98. The van der Waals surface area contributed by atoms with Crippen LogP contribution < -0.4 is 19.7 Å². The van der Waals surface area contributed by atoms with E-state index >= 15 is 0 Å². The van der Waals surface area contributed by atoms with Gasteiger partial charge in [-0.25, -0.2) is 0 Å². The van der Waals surface area contributed by atoms with Gasteiger partial charge in [-0.2, -0.15) is 0 Å². The molecule has 9 heteroatoms. The molecule has 1 atom stereocenters. The molecular formula is C26H28N4O5. The van der Waals surface area contributed by atoms with Crippen LogP contribution in [-0.2, 0) is 14.4 Å². The zero-order valence-corrected chi connectivity index (χ0v) is 19.4. The molecule has 0 saturated carbocycles. The number of para-hydroxylation sites is 1. The highest BCUT2D eigenvalue weighted by Crippen LogP contribution is 2.32. The van der Waals surface area contributed by atoms with Crippen LogP contribution in [0.1, 0.15) is 12.0 Å². The van der Waals surface area contributed by atoms with Crippen molar-refractivity contribution in [2.75, 3.05) is 51.0 Å². The monoisotopic (exact) mass is 476 g/mol. The smallest absolute Gasteiger partial charge is 0.247 e. The summed E-state index contributed by atoms with van der Waals surface area (Å²) < 4.78 is 10.7. The number of piperazine rings is 2. The van der Waals surface area contributed by atoms with Gasteiger partial charge in [0.25, 0.3) is 0 Å². The van der Waals surface area contributed by atoms with E-state index in [0.717, 1.165) is 24.3 Å². The Morgan fingerprint density at radius 3 is 2.54 bits per heavy atom. The molecule has 2 fully saturated rings. The van der Waals surface area contributed by atoms with Crippen molar-refractivity contribution in [2.24, 2.45) is 0 Å². The molecule has 3 heterocycles. The first-order valence-corrected chi connectivity index (χ1v) is 11.8. The number of fused-ring (bicyclic) bond motifs is 1. The van der Waals surface area contributed by atoms with E-state index in [9.17, 15) is 14.4 Å². The first-order valence-electron chi connectivity index (χ1n) is 11.8. The molecule has 0 bridgehead atoms. The van der Waals surface area contributed by atoms with Gasteiger partial charge < -0.3 is 29.5 Å². The topological polar surface area (TPSA) is 91.4 Å². The van der Waals surface area contributed by atoms with Gasteiger partial charge in [0, 0.05) is 51.0 Å². The Bertz CT molecular complexity index is 1130. The lowest BCUT2D eigenvalue weighted by molar-refractivity contribution is -0.144. The van der Waals surface area contributed by atoms with E-state index in [1.165, 1.54) is 11.0 Å². The predicted molar refractivity (Wildman–Crippen MR) is 130 cm³/mol. The Kier molecular flexibility index (Phi) is 6.56. The van der Waals surface area contributed by atoms with Crippen molar-refractivity contribution >= 4 is 29.5 Å². The van der Waals surface area contributed by atoms with Gasteiger partial charge in [0.2, 0.25) is 24.5 Å². The maximum Gasteiger partial charge on any atom is 0.247 e. The van der Waals surface area contributed by atoms with Gasteiger partial charge in [0.1, 0.15) is 6.04 Å². The van der Waals surface area contributed by atoms with Crippen molar-refractivity contribution in [1.82, 2.24) is 15.1 Å². The molecule has 35 heavy (non-hydrogen) atoms. The fourth-order valence-corrected chi connectivity index (χ4v) is 4.61. The third-order valence-corrected chi connectivity index (χ3v) is 6.55. The number of benzene rings is 2. The number of nitrogens with zero attached hydrogens (tertiary/aromatic N) is 3. The molecule has 3 amide bonds. The maximum absolute atomic E-state index is 13.1. The molecule has 3 aliphatic rings. The van der Waals surface area contributed by atoms with Crippen LogP contribution in [0.15, 0.2) is 54.6 Å². The van der Waals surface area contributed by atoms with Crippen molar-refractivity contribution in [1.29, 1.82) is 0 Å². The fourth-order valence-electron chi connectivity index (χ4n) is 4.61. The van der Waals surface area contributed by atoms with E-state index in [0.29, 0.717) is 37.7 Å². The summed E-state index contributed by atoms with van der Waals surface area (Å²) in [6.45, 7) is 3.53. The minimum Gasteiger partial charge on any atom is -0.454 e. The summed E-state index contributed by atoms with van der Waals surface area (Å²) in [5, 5.41) is 2.79. The number of rotatable bonds is 5. The molecule has 3 aliphatic heterocycles.